The number of carbonyl (C=O) groups is 1. The lowest BCUT2D eigenvalue weighted by atomic mass is 10.1. The molecule has 0 spiro atoms. The predicted octanol–water partition coefficient (Wildman–Crippen LogP) is 4.30. The van der Waals surface area contributed by atoms with Crippen LogP contribution in [0.15, 0.2) is 85.1 Å². The Bertz CT molecular complexity index is 1280. The van der Waals surface area contributed by atoms with Crippen molar-refractivity contribution in [1.82, 2.24) is 15.2 Å². The first-order valence-electron chi connectivity index (χ1n) is 11.9. The maximum absolute atomic E-state index is 12.3. The van der Waals surface area contributed by atoms with Crippen molar-refractivity contribution in [2.24, 2.45) is 0 Å². The number of aromatic nitrogens is 1. The second-order valence-electron chi connectivity index (χ2n) is 8.72. The number of ether oxygens (including phenoxy) is 2. The topological polar surface area (TPSA) is 83.9 Å². The van der Waals surface area contributed by atoms with Gasteiger partial charge in [-0.25, -0.2) is 0 Å². The Labute approximate surface area is 211 Å². The van der Waals surface area contributed by atoms with Crippen molar-refractivity contribution in [1.29, 1.82) is 0 Å². The lowest BCUT2D eigenvalue weighted by molar-refractivity contribution is 0.0827. The van der Waals surface area contributed by atoms with Crippen LogP contribution in [0, 0.1) is 0 Å². The molecule has 1 amide bonds. The number of hydrogen-bond acceptors (Lipinski definition) is 6. The van der Waals surface area contributed by atoms with E-state index in [0.717, 1.165) is 35.4 Å². The van der Waals surface area contributed by atoms with Crippen LogP contribution in [-0.4, -0.2) is 60.8 Å². The Morgan fingerprint density at radius 3 is 2.53 bits per heavy atom. The molecular formula is C29H31N3O4. The van der Waals surface area contributed by atoms with E-state index in [-0.39, 0.29) is 12.5 Å². The van der Waals surface area contributed by atoms with Gasteiger partial charge in [0.2, 0.25) is 0 Å². The Morgan fingerprint density at radius 1 is 1.00 bits per heavy atom. The summed E-state index contributed by atoms with van der Waals surface area (Å²) in [5.74, 6) is 2.10. The van der Waals surface area contributed by atoms with Crippen LogP contribution in [0.1, 0.15) is 15.9 Å². The van der Waals surface area contributed by atoms with Gasteiger partial charge in [0, 0.05) is 37.8 Å². The van der Waals surface area contributed by atoms with Gasteiger partial charge in [0.1, 0.15) is 30.0 Å². The maximum Gasteiger partial charge on any atom is 0.253 e. The van der Waals surface area contributed by atoms with E-state index in [0.29, 0.717) is 23.4 Å². The summed E-state index contributed by atoms with van der Waals surface area (Å²) in [7, 11) is 3.45. The van der Waals surface area contributed by atoms with Crippen molar-refractivity contribution in [3.63, 3.8) is 0 Å². The van der Waals surface area contributed by atoms with Crippen LogP contribution in [0.5, 0.6) is 17.2 Å². The highest BCUT2D eigenvalue weighted by molar-refractivity contribution is 5.98. The number of aliphatic hydroxyl groups is 1. The highest BCUT2D eigenvalue weighted by Gasteiger charge is 2.11. The summed E-state index contributed by atoms with van der Waals surface area (Å²) in [4.78, 5) is 18.2. The van der Waals surface area contributed by atoms with E-state index in [9.17, 15) is 9.90 Å². The second-order valence-corrected chi connectivity index (χ2v) is 8.72. The van der Waals surface area contributed by atoms with Crippen LogP contribution in [-0.2, 0) is 6.42 Å². The Kier molecular flexibility index (Phi) is 8.49. The first-order chi connectivity index (χ1) is 17.5. The fraction of sp³-hybridized carbons (Fsp3) is 0.241. The normalized spacial score (nSPS) is 11.8. The van der Waals surface area contributed by atoms with Gasteiger partial charge in [0.15, 0.2) is 0 Å². The average molecular weight is 486 g/mol. The third-order valence-electron chi connectivity index (χ3n) is 5.66. The van der Waals surface area contributed by atoms with E-state index in [4.69, 9.17) is 9.47 Å². The van der Waals surface area contributed by atoms with E-state index in [1.165, 1.54) is 0 Å². The minimum Gasteiger partial charge on any atom is -0.491 e. The molecule has 0 aliphatic heterocycles. The zero-order valence-electron chi connectivity index (χ0n) is 20.6. The molecule has 1 atom stereocenters. The zero-order chi connectivity index (χ0) is 25.3. The lowest BCUT2D eigenvalue weighted by Crippen LogP contribution is -2.32. The van der Waals surface area contributed by atoms with Gasteiger partial charge in [-0.15, -0.1) is 0 Å². The molecule has 4 aromatic rings. The summed E-state index contributed by atoms with van der Waals surface area (Å²) in [5, 5.41) is 14.2. The van der Waals surface area contributed by atoms with Crippen molar-refractivity contribution >= 4 is 16.8 Å². The Balaban J connectivity index is 1.26. The van der Waals surface area contributed by atoms with Crippen LogP contribution in [0.25, 0.3) is 10.9 Å². The number of rotatable bonds is 11. The molecule has 0 fully saturated rings. The van der Waals surface area contributed by atoms with Crippen LogP contribution in [0.2, 0.25) is 0 Å². The summed E-state index contributed by atoms with van der Waals surface area (Å²) in [6.45, 7) is 1.45. The molecule has 0 aliphatic carbocycles. The molecule has 3 aromatic carbocycles. The highest BCUT2D eigenvalue weighted by Crippen LogP contribution is 2.29. The maximum atomic E-state index is 12.3. The van der Waals surface area contributed by atoms with Gasteiger partial charge in [-0.3, -0.25) is 9.78 Å². The zero-order valence-corrected chi connectivity index (χ0v) is 20.6. The van der Waals surface area contributed by atoms with Crippen LogP contribution in [0.3, 0.4) is 0 Å². The van der Waals surface area contributed by atoms with Crippen LogP contribution in [0.4, 0.5) is 0 Å². The number of pyridine rings is 1. The molecule has 0 aliphatic rings. The summed E-state index contributed by atoms with van der Waals surface area (Å²) < 4.78 is 11.7. The third-order valence-corrected chi connectivity index (χ3v) is 5.66. The molecule has 1 heterocycles. The SMILES string of the molecule is CN(C)C(=O)c1ccc2c(Oc3ccc(CCNC[C@H](O)COc4ccccc4)cc3)ccnc2c1. The first-order valence-corrected chi connectivity index (χ1v) is 11.9. The minimum atomic E-state index is -0.576. The van der Waals surface area contributed by atoms with E-state index in [1.807, 2.05) is 66.7 Å². The monoisotopic (exact) mass is 485 g/mol. The second kappa shape index (κ2) is 12.2. The Hall–Kier alpha value is -3.94. The average Bonchev–Trinajstić information content (AvgIpc) is 2.91. The van der Waals surface area contributed by atoms with Gasteiger partial charge in [0.25, 0.3) is 5.91 Å². The number of nitrogens with zero attached hydrogens (tertiary/aromatic N) is 2. The lowest BCUT2D eigenvalue weighted by Gasteiger charge is -2.13. The first kappa shape index (κ1) is 25.2. The largest absolute Gasteiger partial charge is 0.491 e. The molecule has 0 bridgehead atoms. The smallest absolute Gasteiger partial charge is 0.253 e. The molecule has 4 rings (SSSR count). The number of hydrogen-bond donors (Lipinski definition) is 2. The molecule has 7 heteroatoms. The standard InChI is InChI=1S/C29H31N3O4/c1-32(2)29(34)22-10-13-26-27(18-22)31-17-15-28(26)36-25-11-8-21(9-12-25)14-16-30-19-23(33)20-35-24-6-4-3-5-7-24/h3-13,15,17-18,23,30,33H,14,16,19-20H2,1-2H3/t23-/m0/s1. The van der Waals surface area contributed by atoms with Crippen molar-refractivity contribution in [2.45, 2.75) is 12.5 Å². The summed E-state index contributed by atoms with van der Waals surface area (Å²) in [5.41, 5.74) is 2.46. The summed E-state index contributed by atoms with van der Waals surface area (Å²) >= 11 is 0. The van der Waals surface area contributed by atoms with Crippen molar-refractivity contribution < 1.29 is 19.4 Å². The van der Waals surface area contributed by atoms with Gasteiger partial charge in [-0.1, -0.05) is 30.3 Å². The molecule has 0 radical (unpaired) electrons. The van der Waals surface area contributed by atoms with Crippen molar-refractivity contribution in [2.75, 3.05) is 33.8 Å². The fourth-order valence-electron chi connectivity index (χ4n) is 3.72. The molecule has 7 nitrogen and oxygen atoms in total. The summed E-state index contributed by atoms with van der Waals surface area (Å²) in [6.07, 6.45) is 1.93. The quantitative estimate of drug-likeness (QED) is 0.308. The van der Waals surface area contributed by atoms with Crippen LogP contribution < -0.4 is 14.8 Å². The van der Waals surface area contributed by atoms with Crippen molar-refractivity contribution in [3.05, 3.63) is 96.2 Å². The van der Waals surface area contributed by atoms with Crippen molar-refractivity contribution in [3.8, 4) is 17.2 Å². The van der Waals surface area contributed by atoms with E-state index < -0.39 is 6.10 Å². The number of fused-ring (bicyclic) bond motifs is 1. The third kappa shape index (κ3) is 6.81. The van der Waals surface area contributed by atoms with E-state index in [2.05, 4.69) is 10.3 Å². The number of amides is 1. The molecule has 0 unspecified atom stereocenters. The Morgan fingerprint density at radius 2 is 1.78 bits per heavy atom. The van der Waals surface area contributed by atoms with E-state index >= 15 is 0 Å². The fourth-order valence-corrected chi connectivity index (χ4v) is 3.72. The molecule has 186 valence electrons. The van der Waals surface area contributed by atoms with Gasteiger partial charge < -0.3 is 24.8 Å². The number of carbonyl (C=O) groups excluding carboxylic acids is 1. The van der Waals surface area contributed by atoms with Gasteiger partial charge >= 0.3 is 0 Å². The van der Waals surface area contributed by atoms with E-state index in [1.54, 1.807) is 37.3 Å². The number of aliphatic hydroxyl groups excluding tert-OH is 1. The van der Waals surface area contributed by atoms with Gasteiger partial charge in [-0.2, -0.15) is 0 Å². The number of nitrogens with one attached hydrogen (secondary N) is 1. The summed E-state index contributed by atoms with van der Waals surface area (Å²) in [6, 6.07) is 24.7. The molecule has 0 saturated carbocycles. The molecule has 0 saturated heterocycles. The number of benzene rings is 3. The van der Waals surface area contributed by atoms with Crippen LogP contribution >= 0.6 is 0 Å². The molecule has 2 N–H and O–H groups in total. The minimum absolute atomic E-state index is 0.0647. The van der Waals surface area contributed by atoms with Gasteiger partial charge in [0.05, 0.1) is 5.52 Å². The number of para-hydroxylation sites is 1. The molecular weight excluding hydrogens is 454 g/mol. The van der Waals surface area contributed by atoms with Gasteiger partial charge in [-0.05, 0) is 67.1 Å². The molecule has 36 heavy (non-hydrogen) atoms. The molecule has 1 aromatic heterocycles. The highest BCUT2D eigenvalue weighted by atomic mass is 16.5. The predicted molar refractivity (Wildman–Crippen MR) is 141 cm³/mol.